The third kappa shape index (κ3) is 5.04. The van der Waals surface area contributed by atoms with Crippen molar-refractivity contribution in [3.05, 3.63) is 29.3 Å². The van der Waals surface area contributed by atoms with Gasteiger partial charge in [0.05, 0.1) is 10.6 Å². The van der Waals surface area contributed by atoms with Crippen LogP contribution in [0.25, 0.3) is 0 Å². The number of halogens is 1. The summed E-state index contributed by atoms with van der Waals surface area (Å²) in [5.41, 5.74) is 0. The van der Waals surface area contributed by atoms with Gasteiger partial charge in [-0.2, -0.15) is 0 Å². The van der Waals surface area contributed by atoms with Crippen LogP contribution in [0.5, 0.6) is 0 Å². The molecule has 0 spiro atoms. The molecule has 1 aliphatic heterocycles. The molecule has 3 amide bonds. The van der Waals surface area contributed by atoms with E-state index in [-0.39, 0.29) is 42.2 Å². The molecule has 2 rings (SSSR count). The second-order valence-corrected chi connectivity index (χ2v) is 7.99. The average molecular weight is 373 g/mol. The van der Waals surface area contributed by atoms with Crippen molar-refractivity contribution >= 4 is 39.2 Å². The van der Waals surface area contributed by atoms with Crippen LogP contribution in [0.1, 0.15) is 25.7 Å². The molecule has 0 aromatic heterocycles. The highest BCUT2D eigenvalue weighted by Crippen LogP contribution is 2.16. The molecule has 0 bridgehead atoms. The van der Waals surface area contributed by atoms with Crippen molar-refractivity contribution < 1.29 is 22.8 Å². The van der Waals surface area contributed by atoms with E-state index in [2.05, 4.69) is 10.6 Å². The predicted molar refractivity (Wildman–Crippen MR) is 87.1 cm³/mol. The van der Waals surface area contributed by atoms with Gasteiger partial charge >= 0.3 is 0 Å². The van der Waals surface area contributed by atoms with Crippen LogP contribution in [0.4, 0.5) is 0 Å². The minimum absolute atomic E-state index is 0.0233. The number of amides is 3. The number of carbonyl (C=O) groups is 3. The molecule has 1 atom stereocenters. The highest BCUT2D eigenvalue weighted by molar-refractivity contribution is 7.91. The lowest BCUT2D eigenvalue weighted by atomic mass is 10.1. The number of hydrogen-bond donors (Lipinski definition) is 2. The minimum atomic E-state index is -3.49. The zero-order valence-electron chi connectivity index (χ0n) is 12.7. The molecular formula is C15H17ClN2O5S. The molecule has 0 aliphatic carbocycles. The maximum Gasteiger partial charge on any atom is 0.249 e. The molecule has 24 heavy (non-hydrogen) atoms. The predicted octanol–water partition coefficient (Wildman–Crippen LogP) is 0.815. The van der Waals surface area contributed by atoms with Crippen LogP contribution < -0.4 is 10.6 Å². The lowest BCUT2D eigenvalue weighted by Gasteiger charge is -2.21. The van der Waals surface area contributed by atoms with Crippen LogP contribution in [-0.4, -0.2) is 37.9 Å². The zero-order chi connectivity index (χ0) is 17.7. The van der Waals surface area contributed by atoms with E-state index < -0.39 is 27.7 Å². The lowest BCUT2D eigenvalue weighted by Crippen LogP contribution is -2.52. The van der Waals surface area contributed by atoms with Crippen molar-refractivity contribution in [2.75, 3.05) is 5.75 Å². The Morgan fingerprint density at radius 1 is 1.25 bits per heavy atom. The van der Waals surface area contributed by atoms with Crippen LogP contribution in [0.15, 0.2) is 29.2 Å². The first-order valence-corrected chi connectivity index (χ1v) is 9.42. The molecule has 1 heterocycles. The van der Waals surface area contributed by atoms with Crippen molar-refractivity contribution in [2.45, 2.75) is 36.6 Å². The monoisotopic (exact) mass is 372 g/mol. The average Bonchev–Trinajstić information content (AvgIpc) is 2.50. The molecular weight excluding hydrogens is 356 g/mol. The quantitative estimate of drug-likeness (QED) is 0.718. The molecule has 0 radical (unpaired) electrons. The number of nitrogens with one attached hydrogen (secondary N) is 2. The van der Waals surface area contributed by atoms with Gasteiger partial charge in [0.1, 0.15) is 6.04 Å². The third-order valence-corrected chi connectivity index (χ3v) is 5.63. The fourth-order valence-electron chi connectivity index (χ4n) is 2.28. The molecule has 1 aromatic carbocycles. The topological polar surface area (TPSA) is 109 Å². The van der Waals surface area contributed by atoms with E-state index in [1.54, 1.807) is 0 Å². The highest BCUT2D eigenvalue weighted by atomic mass is 35.5. The molecule has 1 saturated heterocycles. The fraction of sp³-hybridized carbons (Fsp3) is 0.400. The molecule has 1 fully saturated rings. The van der Waals surface area contributed by atoms with Gasteiger partial charge in [0.25, 0.3) is 0 Å². The number of sulfone groups is 1. The number of carbonyl (C=O) groups excluding carboxylic acids is 3. The Labute approximate surface area is 144 Å². The summed E-state index contributed by atoms with van der Waals surface area (Å²) in [7, 11) is -3.49. The first kappa shape index (κ1) is 18.4. The van der Waals surface area contributed by atoms with Crippen LogP contribution in [0.2, 0.25) is 5.02 Å². The summed E-state index contributed by atoms with van der Waals surface area (Å²) in [5, 5.41) is 5.09. The van der Waals surface area contributed by atoms with E-state index in [1.807, 2.05) is 0 Å². The van der Waals surface area contributed by atoms with Gasteiger partial charge in [-0.05, 0) is 37.1 Å². The summed E-state index contributed by atoms with van der Waals surface area (Å²) in [5.74, 6) is -1.50. The van der Waals surface area contributed by atoms with Crippen molar-refractivity contribution in [3.8, 4) is 0 Å². The van der Waals surface area contributed by atoms with Crippen molar-refractivity contribution in [1.29, 1.82) is 0 Å². The van der Waals surface area contributed by atoms with Crippen LogP contribution >= 0.6 is 11.6 Å². The van der Waals surface area contributed by atoms with Gasteiger partial charge in [-0.1, -0.05) is 11.6 Å². The second kappa shape index (κ2) is 7.76. The summed E-state index contributed by atoms with van der Waals surface area (Å²) in [6.07, 6.45) is 0.524. The molecule has 1 unspecified atom stereocenters. The van der Waals surface area contributed by atoms with E-state index in [0.29, 0.717) is 5.02 Å². The molecule has 1 aromatic rings. The Balaban J connectivity index is 1.81. The van der Waals surface area contributed by atoms with Crippen LogP contribution in [0, 0.1) is 0 Å². The van der Waals surface area contributed by atoms with Gasteiger partial charge in [-0.25, -0.2) is 8.42 Å². The third-order valence-electron chi connectivity index (χ3n) is 3.56. The Morgan fingerprint density at radius 2 is 1.92 bits per heavy atom. The Bertz CT molecular complexity index is 746. The number of piperidine rings is 1. The number of imide groups is 1. The maximum atomic E-state index is 12.1. The summed E-state index contributed by atoms with van der Waals surface area (Å²) in [4.78, 5) is 34.5. The van der Waals surface area contributed by atoms with Gasteiger partial charge in [0, 0.05) is 17.9 Å². The molecule has 0 saturated carbocycles. The van der Waals surface area contributed by atoms with Gasteiger partial charge in [-0.3, -0.25) is 19.7 Å². The first-order valence-electron chi connectivity index (χ1n) is 7.39. The van der Waals surface area contributed by atoms with Crippen molar-refractivity contribution in [3.63, 3.8) is 0 Å². The SMILES string of the molecule is O=C1CCC(NC(=O)CCCS(=O)(=O)c2ccc(Cl)cc2)C(=O)N1. The van der Waals surface area contributed by atoms with Crippen molar-refractivity contribution in [1.82, 2.24) is 10.6 Å². The summed E-state index contributed by atoms with van der Waals surface area (Å²) in [6.45, 7) is 0. The minimum Gasteiger partial charge on any atom is -0.344 e. The lowest BCUT2D eigenvalue weighted by molar-refractivity contribution is -0.137. The molecule has 7 nitrogen and oxygen atoms in total. The van der Waals surface area contributed by atoms with E-state index >= 15 is 0 Å². The van der Waals surface area contributed by atoms with Gasteiger partial charge in [-0.15, -0.1) is 0 Å². The second-order valence-electron chi connectivity index (χ2n) is 5.45. The number of benzene rings is 1. The van der Waals surface area contributed by atoms with Crippen molar-refractivity contribution in [2.24, 2.45) is 0 Å². The Hall–Kier alpha value is -1.93. The zero-order valence-corrected chi connectivity index (χ0v) is 14.3. The Morgan fingerprint density at radius 3 is 2.54 bits per heavy atom. The molecule has 2 N–H and O–H groups in total. The summed E-state index contributed by atoms with van der Waals surface area (Å²) in [6, 6.07) is 5.07. The first-order chi connectivity index (χ1) is 11.3. The molecule has 1 aliphatic rings. The summed E-state index contributed by atoms with van der Waals surface area (Å²) >= 11 is 5.72. The van der Waals surface area contributed by atoms with Gasteiger partial charge < -0.3 is 5.32 Å². The number of hydrogen-bond acceptors (Lipinski definition) is 5. The van der Waals surface area contributed by atoms with E-state index in [1.165, 1.54) is 24.3 Å². The number of rotatable bonds is 6. The summed E-state index contributed by atoms with van der Waals surface area (Å²) < 4.78 is 24.3. The highest BCUT2D eigenvalue weighted by Gasteiger charge is 2.27. The van der Waals surface area contributed by atoms with E-state index in [0.717, 1.165) is 0 Å². The maximum absolute atomic E-state index is 12.1. The van der Waals surface area contributed by atoms with Gasteiger partial charge in [0.15, 0.2) is 9.84 Å². The largest absolute Gasteiger partial charge is 0.344 e. The van der Waals surface area contributed by atoms with Gasteiger partial charge in [0.2, 0.25) is 17.7 Å². The normalized spacial score (nSPS) is 18.1. The molecule has 9 heteroatoms. The fourth-order valence-corrected chi connectivity index (χ4v) is 3.72. The van der Waals surface area contributed by atoms with E-state index in [9.17, 15) is 22.8 Å². The Kier molecular flexibility index (Phi) is 5.95. The standard InChI is InChI=1S/C15H17ClN2O5S/c16-10-3-5-11(6-4-10)24(22,23)9-1-2-13(19)17-12-7-8-14(20)18-15(12)21/h3-6,12H,1-2,7-9H2,(H,17,19)(H,18,20,21). The van der Waals surface area contributed by atoms with Crippen LogP contribution in [0.3, 0.4) is 0 Å². The van der Waals surface area contributed by atoms with E-state index in [4.69, 9.17) is 11.6 Å². The molecule has 130 valence electrons. The smallest absolute Gasteiger partial charge is 0.249 e. The van der Waals surface area contributed by atoms with Crippen LogP contribution in [-0.2, 0) is 24.2 Å².